The van der Waals surface area contributed by atoms with E-state index in [2.05, 4.69) is 11.8 Å². The van der Waals surface area contributed by atoms with Gasteiger partial charge in [-0.15, -0.1) is 0 Å². The van der Waals surface area contributed by atoms with E-state index in [1.165, 1.54) is 0 Å². The average molecular weight is 263 g/mol. The second kappa shape index (κ2) is 5.39. The van der Waals surface area contributed by atoms with E-state index in [1.54, 1.807) is 0 Å². The quantitative estimate of drug-likeness (QED) is 0.898. The molecule has 3 rings (SSSR count). The lowest BCUT2D eigenvalue weighted by molar-refractivity contribution is 0.0420. The Morgan fingerprint density at radius 2 is 2.11 bits per heavy atom. The van der Waals surface area contributed by atoms with Crippen molar-refractivity contribution in [2.45, 2.75) is 25.5 Å². The van der Waals surface area contributed by atoms with Crippen LogP contribution >= 0.6 is 0 Å². The molecule has 1 aromatic rings. The van der Waals surface area contributed by atoms with Gasteiger partial charge in [-0.1, -0.05) is 19.1 Å². The molecule has 4 heteroatoms. The molecule has 1 aromatic carbocycles. The minimum atomic E-state index is 0.0502. The van der Waals surface area contributed by atoms with E-state index in [4.69, 9.17) is 9.47 Å². The molecule has 2 aliphatic heterocycles. The van der Waals surface area contributed by atoms with E-state index in [0.717, 1.165) is 31.0 Å². The smallest absolute Gasteiger partial charge is 0.161 e. The molecule has 0 saturated carbocycles. The number of para-hydroxylation sites is 2. The topological polar surface area (TPSA) is 41.9 Å². The summed E-state index contributed by atoms with van der Waals surface area (Å²) in [6.07, 6.45) is 1.20. The second-order valence-electron chi connectivity index (χ2n) is 5.51. The zero-order valence-electron chi connectivity index (χ0n) is 11.3. The van der Waals surface area contributed by atoms with Crippen LogP contribution in [-0.2, 0) is 0 Å². The lowest BCUT2D eigenvalue weighted by Crippen LogP contribution is -2.45. The summed E-state index contributed by atoms with van der Waals surface area (Å²) >= 11 is 0. The molecule has 0 bridgehead atoms. The van der Waals surface area contributed by atoms with Crippen LogP contribution in [0.25, 0.3) is 0 Å². The molecular weight excluding hydrogens is 242 g/mol. The summed E-state index contributed by atoms with van der Waals surface area (Å²) in [6.45, 7) is 4.87. The summed E-state index contributed by atoms with van der Waals surface area (Å²) in [4.78, 5) is 2.33. The summed E-state index contributed by atoms with van der Waals surface area (Å²) in [7, 11) is 0. The predicted octanol–water partition coefficient (Wildman–Crippen LogP) is 1.53. The van der Waals surface area contributed by atoms with Crippen molar-refractivity contribution in [1.29, 1.82) is 0 Å². The molecule has 0 aliphatic carbocycles. The largest absolute Gasteiger partial charge is 0.486 e. The summed E-state index contributed by atoms with van der Waals surface area (Å²) in [5.41, 5.74) is 0. The number of ether oxygens (including phenoxy) is 2. The van der Waals surface area contributed by atoms with Crippen LogP contribution < -0.4 is 9.47 Å². The number of hydrogen-bond donors (Lipinski definition) is 1. The Bertz CT molecular complexity index is 437. The van der Waals surface area contributed by atoms with Gasteiger partial charge in [0, 0.05) is 12.6 Å². The first kappa shape index (κ1) is 12.8. The molecule has 4 nitrogen and oxygen atoms in total. The molecule has 1 saturated heterocycles. The van der Waals surface area contributed by atoms with Gasteiger partial charge in [-0.25, -0.2) is 0 Å². The Hall–Kier alpha value is -1.26. The lowest BCUT2D eigenvalue weighted by atomic mass is 10.0. The minimum absolute atomic E-state index is 0.0502. The molecule has 0 aromatic heterocycles. The van der Waals surface area contributed by atoms with Crippen molar-refractivity contribution in [3.63, 3.8) is 0 Å². The highest BCUT2D eigenvalue weighted by Crippen LogP contribution is 2.32. The fourth-order valence-corrected chi connectivity index (χ4v) is 3.02. The van der Waals surface area contributed by atoms with Crippen molar-refractivity contribution in [3.05, 3.63) is 24.3 Å². The van der Waals surface area contributed by atoms with Gasteiger partial charge in [-0.05, 0) is 31.0 Å². The highest BCUT2D eigenvalue weighted by atomic mass is 16.6. The van der Waals surface area contributed by atoms with Crippen LogP contribution in [0.5, 0.6) is 11.5 Å². The van der Waals surface area contributed by atoms with Crippen LogP contribution in [0.2, 0.25) is 0 Å². The normalized spacial score (nSPS) is 30.5. The van der Waals surface area contributed by atoms with Crippen LogP contribution in [-0.4, -0.2) is 48.5 Å². The first-order chi connectivity index (χ1) is 9.28. The molecule has 0 radical (unpaired) electrons. The van der Waals surface area contributed by atoms with Gasteiger partial charge >= 0.3 is 0 Å². The van der Waals surface area contributed by atoms with Gasteiger partial charge in [0.05, 0.1) is 6.61 Å². The Balaban J connectivity index is 1.63. The van der Waals surface area contributed by atoms with Gasteiger partial charge in [0.1, 0.15) is 12.7 Å². The Morgan fingerprint density at radius 3 is 2.89 bits per heavy atom. The summed E-state index contributed by atoms with van der Waals surface area (Å²) in [5.74, 6) is 2.21. The number of rotatable bonds is 3. The van der Waals surface area contributed by atoms with Gasteiger partial charge in [0.25, 0.3) is 0 Å². The van der Waals surface area contributed by atoms with Crippen molar-refractivity contribution in [1.82, 2.24) is 4.90 Å². The molecule has 1 N–H and O–H groups in total. The highest BCUT2D eigenvalue weighted by Gasteiger charge is 2.33. The van der Waals surface area contributed by atoms with Crippen LogP contribution in [0, 0.1) is 5.92 Å². The zero-order valence-corrected chi connectivity index (χ0v) is 11.3. The third-order valence-corrected chi connectivity index (χ3v) is 4.19. The Morgan fingerprint density at radius 1 is 1.32 bits per heavy atom. The van der Waals surface area contributed by atoms with Crippen LogP contribution in [0.4, 0.5) is 0 Å². The van der Waals surface area contributed by atoms with Gasteiger partial charge < -0.3 is 14.6 Å². The number of aliphatic hydroxyl groups excluding tert-OH is 1. The van der Waals surface area contributed by atoms with Gasteiger partial charge in [-0.3, -0.25) is 4.90 Å². The maximum atomic E-state index is 9.48. The molecule has 19 heavy (non-hydrogen) atoms. The second-order valence-corrected chi connectivity index (χ2v) is 5.51. The van der Waals surface area contributed by atoms with Crippen molar-refractivity contribution >= 4 is 0 Å². The SMILES string of the molecule is CC1CCN(CC2COc3ccccc3O2)C1CO. The molecule has 104 valence electrons. The molecule has 3 unspecified atom stereocenters. The molecule has 0 amide bonds. The maximum absolute atomic E-state index is 9.48. The number of benzene rings is 1. The van der Waals surface area contributed by atoms with E-state index in [9.17, 15) is 5.11 Å². The first-order valence-electron chi connectivity index (χ1n) is 7.01. The van der Waals surface area contributed by atoms with E-state index in [-0.39, 0.29) is 18.8 Å². The third kappa shape index (κ3) is 2.55. The standard InChI is InChI=1S/C15H21NO3/c1-11-6-7-16(13(11)9-17)8-12-10-18-14-4-2-3-5-15(14)19-12/h2-5,11-13,17H,6-10H2,1H3. The first-order valence-corrected chi connectivity index (χ1v) is 7.01. The number of nitrogens with zero attached hydrogens (tertiary/aromatic N) is 1. The summed E-state index contributed by atoms with van der Waals surface area (Å²) in [6, 6.07) is 8.05. The van der Waals surface area contributed by atoms with Crippen molar-refractivity contribution in [2.75, 3.05) is 26.3 Å². The van der Waals surface area contributed by atoms with Crippen LogP contribution in [0.3, 0.4) is 0 Å². The van der Waals surface area contributed by atoms with E-state index in [1.807, 2.05) is 24.3 Å². The fraction of sp³-hybridized carbons (Fsp3) is 0.600. The molecular formula is C15H21NO3. The number of hydrogen-bond acceptors (Lipinski definition) is 4. The Kier molecular flexibility index (Phi) is 3.62. The third-order valence-electron chi connectivity index (χ3n) is 4.19. The van der Waals surface area contributed by atoms with Crippen LogP contribution in [0.15, 0.2) is 24.3 Å². The fourth-order valence-electron chi connectivity index (χ4n) is 3.02. The molecule has 1 fully saturated rings. The zero-order chi connectivity index (χ0) is 13.2. The van der Waals surface area contributed by atoms with Crippen LogP contribution in [0.1, 0.15) is 13.3 Å². The molecule has 2 heterocycles. The molecule has 0 spiro atoms. The average Bonchev–Trinajstić information content (AvgIpc) is 2.79. The monoisotopic (exact) mass is 263 g/mol. The highest BCUT2D eigenvalue weighted by molar-refractivity contribution is 5.40. The number of aliphatic hydroxyl groups is 1. The summed E-state index contributed by atoms with van der Waals surface area (Å²) < 4.78 is 11.7. The molecule has 2 aliphatic rings. The van der Waals surface area contributed by atoms with E-state index < -0.39 is 0 Å². The minimum Gasteiger partial charge on any atom is -0.486 e. The number of fused-ring (bicyclic) bond motifs is 1. The summed E-state index contributed by atoms with van der Waals surface area (Å²) in [5, 5.41) is 9.48. The van der Waals surface area contributed by atoms with E-state index >= 15 is 0 Å². The van der Waals surface area contributed by atoms with Crippen molar-refractivity contribution in [3.8, 4) is 11.5 Å². The van der Waals surface area contributed by atoms with Crippen molar-refractivity contribution in [2.24, 2.45) is 5.92 Å². The van der Waals surface area contributed by atoms with Gasteiger partial charge in [0.2, 0.25) is 0 Å². The maximum Gasteiger partial charge on any atom is 0.161 e. The van der Waals surface area contributed by atoms with E-state index in [0.29, 0.717) is 12.5 Å². The number of likely N-dealkylation sites (tertiary alicyclic amines) is 1. The van der Waals surface area contributed by atoms with Gasteiger partial charge in [0.15, 0.2) is 11.5 Å². The Labute approximate surface area is 113 Å². The lowest BCUT2D eigenvalue weighted by Gasteiger charge is -2.32. The van der Waals surface area contributed by atoms with Crippen molar-refractivity contribution < 1.29 is 14.6 Å². The molecule has 3 atom stereocenters. The van der Waals surface area contributed by atoms with Gasteiger partial charge in [-0.2, -0.15) is 0 Å². The predicted molar refractivity (Wildman–Crippen MR) is 72.6 cm³/mol.